The Morgan fingerprint density at radius 3 is 2.71 bits per heavy atom. The van der Waals surface area contributed by atoms with Crippen LogP contribution in [0.3, 0.4) is 0 Å². The van der Waals surface area contributed by atoms with Crippen LogP contribution in [-0.4, -0.2) is 26.6 Å². The summed E-state index contributed by atoms with van der Waals surface area (Å²) >= 11 is 5.80. The molecule has 4 rings (SSSR count). The van der Waals surface area contributed by atoms with E-state index in [1.54, 1.807) is 31.3 Å². The van der Waals surface area contributed by atoms with Gasteiger partial charge in [0.25, 0.3) is 0 Å². The number of pyridine rings is 1. The van der Waals surface area contributed by atoms with Crippen LogP contribution < -0.4 is 10.6 Å². The summed E-state index contributed by atoms with van der Waals surface area (Å²) in [6.07, 6.45) is 1.54. The topological polar surface area (TPSA) is 94.1 Å². The molecular weight excluding hydrogens is 385 g/mol. The number of rotatable bonds is 3. The first-order chi connectivity index (χ1) is 13.4. The van der Waals surface area contributed by atoms with E-state index in [1.165, 1.54) is 16.8 Å². The van der Waals surface area contributed by atoms with Gasteiger partial charge in [-0.3, -0.25) is 9.59 Å². The molecule has 3 aromatic rings. The fourth-order valence-corrected chi connectivity index (χ4v) is 3.57. The lowest BCUT2D eigenvalue weighted by atomic mass is 9.97. The molecule has 0 aliphatic carbocycles. The molecule has 1 aliphatic rings. The lowest BCUT2D eigenvalue weighted by molar-refractivity contribution is -0.121. The molecule has 1 aliphatic heterocycles. The van der Waals surface area contributed by atoms with Gasteiger partial charge in [-0.2, -0.15) is 9.78 Å². The summed E-state index contributed by atoms with van der Waals surface area (Å²) in [4.78, 5) is 30.8. The Morgan fingerprint density at radius 1 is 1.25 bits per heavy atom. The summed E-state index contributed by atoms with van der Waals surface area (Å²) in [7, 11) is 0. The second-order valence-corrected chi connectivity index (χ2v) is 6.81. The number of benzene rings is 1. The van der Waals surface area contributed by atoms with Gasteiger partial charge >= 0.3 is 0 Å². The van der Waals surface area contributed by atoms with Crippen molar-refractivity contribution < 1.29 is 14.0 Å². The van der Waals surface area contributed by atoms with Crippen molar-refractivity contribution in [2.75, 3.05) is 10.6 Å². The first-order valence-electron chi connectivity index (χ1n) is 8.46. The monoisotopic (exact) mass is 399 g/mol. The number of nitrogens with two attached hydrogens (primary N) is 1. The average molecular weight is 400 g/mol. The van der Waals surface area contributed by atoms with E-state index in [0.717, 1.165) is 11.0 Å². The molecule has 28 heavy (non-hydrogen) atoms. The van der Waals surface area contributed by atoms with Crippen molar-refractivity contribution in [2.45, 2.75) is 19.3 Å². The van der Waals surface area contributed by atoms with Crippen molar-refractivity contribution in [3.63, 3.8) is 0 Å². The fraction of sp³-hybridized carbons (Fsp3) is 0.158. The Kier molecular flexibility index (Phi) is 4.35. The van der Waals surface area contributed by atoms with Crippen LogP contribution in [-0.2, 0) is 9.59 Å². The minimum atomic E-state index is -0.784. The van der Waals surface area contributed by atoms with Crippen LogP contribution in [0, 0.1) is 12.7 Å². The summed E-state index contributed by atoms with van der Waals surface area (Å²) < 4.78 is 14.9. The highest BCUT2D eigenvalue weighted by Gasteiger charge is 2.43. The molecule has 2 N–H and O–H groups in total. The first kappa shape index (κ1) is 18.1. The smallest absolute Gasteiger partial charge is 0.242 e. The molecule has 1 fully saturated rings. The highest BCUT2D eigenvalue weighted by molar-refractivity contribution is 6.31. The molecule has 1 unspecified atom stereocenters. The summed E-state index contributed by atoms with van der Waals surface area (Å²) in [5.74, 6) is -1.52. The van der Waals surface area contributed by atoms with Crippen LogP contribution in [0.25, 0.3) is 5.82 Å². The van der Waals surface area contributed by atoms with Crippen LogP contribution in [0.5, 0.6) is 0 Å². The van der Waals surface area contributed by atoms with E-state index < -0.39 is 23.5 Å². The van der Waals surface area contributed by atoms with Gasteiger partial charge in [-0.25, -0.2) is 14.3 Å². The van der Waals surface area contributed by atoms with Crippen LogP contribution >= 0.6 is 11.6 Å². The number of carbonyl (C=O) groups is 2. The Balaban J connectivity index is 1.73. The van der Waals surface area contributed by atoms with Crippen molar-refractivity contribution in [3.05, 3.63) is 64.7 Å². The van der Waals surface area contributed by atoms with Crippen LogP contribution in [0.15, 0.2) is 42.6 Å². The maximum absolute atomic E-state index is 13.4. The van der Waals surface area contributed by atoms with E-state index in [4.69, 9.17) is 17.3 Å². The number of halogens is 2. The zero-order valence-electron chi connectivity index (χ0n) is 14.8. The van der Waals surface area contributed by atoms with Gasteiger partial charge in [0, 0.05) is 18.2 Å². The van der Waals surface area contributed by atoms with Crippen molar-refractivity contribution in [1.29, 1.82) is 0 Å². The Bertz CT molecular complexity index is 1100. The average Bonchev–Trinajstić information content (AvgIpc) is 3.13. The second kappa shape index (κ2) is 6.72. The van der Waals surface area contributed by atoms with Crippen LogP contribution in [0.2, 0.25) is 5.02 Å². The predicted octanol–water partition coefficient (Wildman–Crippen LogP) is 3.00. The maximum Gasteiger partial charge on any atom is 0.242 e. The minimum Gasteiger partial charge on any atom is -0.383 e. The molecule has 1 atom stereocenters. The SMILES string of the molecule is Cc1nn(-c2ccccn2)c(N)c1C1CC(=O)N(c2ccc(F)c(Cl)c2)C1=O. The molecule has 7 nitrogen and oxygen atoms in total. The largest absolute Gasteiger partial charge is 0.383 e. The number of imide groups is 1. The molecule has 0 bridgehead atoms. The molecule has 0 spiro atoms. The lowest BCUT2D eigenvalue weighted by Crippen LogP contribution is -2.30. The molecule has 1 aromatic carbocycles. The Morgan fingerprint density at radius 2 is 2.04 bits per heavy atom. The summed E-state index contributed by atoms with van der Waals surface area (Å²) in [5, 5.41) is 4.22. The van der Waals surface area contributed by atoms with Gasteiger partial charge in [0.05, 0.1) is 22.3 Å². The molecule has 0 saturated carbocycles. The van der Waals surface area contributed by atoms with Gasteiger partial charge in [0.2, 0.25) is 11.8 Å². The number of nitrogen functional groups attached to an aromatic ring is 1. The first-order valence-corrected chi connectivity index (χ1v) is 8.84. The molecule has 2 amide bonds. The van der Waals surface area contributed by atoms with Crippen molar-refractivity contribution in [2.24, 2.45) is 0 Å². The zero-order valence-corrected chi connectivity index (χ0v) is 15.5. The number of carbonyl (C=O) groups excluding carboxylic acids is 2. The van der Waals surface area contributed by atoms with Gasteiger partial charge in [-0.05, 0) is 37.3 Å². The van der Waals surface area contributed by atoms with E-state index >= 15 is 0 Å². The second-order valence-electron chi connectivity index (χ2n) is 6.41. The van der Waals surface area contributed by atoms with E-state index in [0.29, 0.717) is 17.1 Å². The van der Waals surface area contributed by atoms with Gasteiger partial charge in [0.15, 0.2) is 5.82 Å². The molecule has 2 aromatic heterocycles. The highest BCUT2D eigenvalue weighted by atomic mass is 35.5. The number of amides is 2. The van der Waals surface area contributed by atoms with E-state index in [2.05, 4.69) is 10.1 Å². The number of aryl methyl sites for hydroxylation is 1. The highest BCUT2D eigenvalue weighted by Crippen LogP contribution is 2.38. The number of hydrogen-bond donors (Lipinski definition) is 1. The van der Waals surface area contributed by atoms with Gasteiger partial charge in [0.1, 0.15) is 11.6 Å². The van der Waals surface area contributed by atoms with Crippen LogP contribution in [0.4, 0.5) is 15.9 Å². The van der Waals surface area contributed by atoms with Crippen molar-refractivity contribution in [3.8, 4) is 5.82 Å². The number of hydrogen-bond acceptors (Lipinski definition) is 5. The van der Waals surface area contributed by atoms with Gasteiger partial charge < -0.3 is 5.73 Å². The van der Waals surface area contributed by atoms with E-state index in [1.807, 2.05) is 0 Å². The third-order valence-corrected chi connectivity index (χ3v) is 4.96. The third kappa shape index (κ3) is 2.82. The molecule has 0 radical (unpaired) electrons. The standard InChI is InChI=1S/C19H15ClFN5O2/c1-10-17(18(22)26(24-10)15-4-2-3-7-23-15)12-9-16(27)25(19(12)28)11-5-6-14(21)13(20)8-11/h2-8,12H,9,22H2,1H3. The number of nitrogens with zero attached hydrogens (tertiary/aromatic N) is 4. The number of anilines is 2. The fourth-order valence-electron chi connectivity index (χ4n) is 3.39. The molecule has 142 valence electrons. The normalized spacial score (nSPS) is 16.8. The van der Waals surface area contributed by atoms with Crippen LogP contribution in [0.1, 0.15) is 23.6 Å². The van der Waals surface area contributed by atoms with E-state index in [9.17, 15) is 14.0 Å². The quantitative estimate of drug-likeness (QED) is 0.683. The summed E-state index contributed by atoms with van der Waals surface area (Å²) in [5.41, 5.74) is 7.50. The van der Waals surface area contributed by atoms with Gasteiger partial charge in [-0.1, -0.05) is 17.7 Å². The zero-order chi connectivity index (χ0) is 20.0. The number of aromatic nitrogens is 3. The lowest BCUT2D eigenvalue weighted by Gasteiger charge is -2.15. The van der Waals surface area contributed by atoms with Crippen molar-refractivity contribution in [1.82, 2.24) is 14.8 Å². The van der Waals surface area contributed by atoms with Gasteiger partial charge in [-0.15, -0.1) is 0 Å². The van der Waals surface area contributed by atoms with E-state index in [-0.39, 0.29) is 22.9 Å². The maximum atomic E-state index is 13.4. The van der Waals surface area contributed by atoms with Crippen molar-refractivity contribution >= 4 is 34.9 Å². The third-order valence-electron chi connectivity index (χ3n) is 4.67. The Labute approximate surface area is 164 Å². The predicted molar refractivity (Wildman–Crippen MR) is 102 cm³/mol. The molecular formula is C19H15ClFN5O2. The summed E-state index contributed by atoms with van der Waals surface area (Å²) in [6.45, 7) is 1.72. The molecule has 3 heterocycles. The minimum absolute atomic E-state index is 0.0627. The molecule has 1 saturated heterocycles. The summed E-state index contributed by atoms with van der Waals surface area (Å²) in [6, 6.07) is 9.01. The molecule has 9 heteroatoms. The Hall–Kier alpha value is -3.26.